The summed E-state index contributed by atoms with van der Waals surface area (Å²) in [5.74, 6) is 0. The van der Waals surface area contributed by atoms with E-state index in [4.69, 9.17) is 0 Å². The summed E-state index contributed by atoms with van der Waals surface area (Å²) in [6, 6.07) is 10.9. The third kappa shape index (κ3) is 3.25. The van der Waals surface area contributed by atoms with E-state index in [0.717, 1.165) is 63.3 Å². The quantitative estimate of drug-likeness (QED) is 0.438. The number of rotatable bonds is 4. The third-order valence-corrected chi connectivity index (χ3v) is 7.03. The van der Waals surface area contributed by atoms with E-state index < -0.39 is 0 Å². The van der Waals surface area contributed by atoms with Gasteiger partial charge in [-0.1, -0.05) is 23.9 Å². The molecule has 158 valence electrons. The van der Waals surface area contributed by atoms with Crippen molar-refractivity contribution in [2.45, 2.75) is 28.7 Å². The van der Waals surface area contributed by atoms with Crippen molar-refractivity contribution in [2.24, 2.45) is 0 Å². The standard InChI is InChI=1S/C23H20N8S/c24-8-17-10-28-31-13-16(18-11-27-30(14-18)19-4-2-6-25-12-19)7-21(23(17)31)32-20-5-1-3-15-9-26-29-22(15)20/h1,3,5,7,9-11,13-14,19,25H,2,4,6,12H2,(H,26,29). The van der Waals surface area contributed by atoms with Crippen molar-refractivity contribution in [1.29, 1.82) is 5.26 Å². The average molecular weight is 441 g/mol. The lowest BCUT2D eigenvalue weighted by Gasteiger charge is -2.22. The number of fused-ring (bicyclic) bond motifs is 2. The second kappa shape index (κ2) is 7.82. The highest BCUT2D eigenvalue weighted by atomic mass is 32.2. The number of H-pyrrole nitrogens is 1. The van der Waals surface area contributed by atoms with Crippen LogP contribution in [0.5, 0.6) is 0 Å². The second-order valence-corrected chi connectivity index (χ2v) is 9.04. The number of pyridine rings is 1. The minimum atomic E-state index is 0.378. The predicted octanol–water partition coefficient (Wildman–Crippen LogP) is 4.02. The number of hydrogen-bond acceptors (Lipinski definition) is 6. The average Bonchev–Trinajstić information content (AvgIpc) is 3.59. The summed E-state index contributed by atoms with van der Waals surface area (Å²) in [4.78, 5) is 2.01. The van der Waals surface area contributed by atoms with Crippen molar-refractivity contribution in [3.8, 4) is 17.2 Å². The zero-order valence-electron chi connectivity index (χ0n) is 17.2. The first-order chi connectivity index (χ1) is 15.8. The molecule has 1 saturated heterocycles. The highest BCUT2D eigenvalue weighted by Gasteiger charge is 2.18. The molecule has 9 heteroatoms. The molecule has 8 nitrogen and oxygen atoms in total. The van der Waals surface area contributed by atoms with E-state index >= 15 is 0 Å². The van der Waals surface area contributed by atoms with Crippen LogP contribution in [-0.4, -0.2) is 42.7 Å². The van der Waals surface area contributed by atoms with Gasteiger partial charge in [0.1, 0.15) is 6.07 Å². The largest absolute Gasteiger partial charge is 0.315 e. The summed E-state index contributed by atoms with van der Waals surface area (Å²) in [5.41, 5.74) is 4.39. The minimum absolute atomic E-state index is 0.378. The molecule has 0 amide bonds. The summed E-state index contributed by atoms with van der Waals surface area (Å²) in [5, 5.41) is 30.5. The van der Waals surface area contributed by atoms with Gasteiger partial charge in [-0.05, 0) is 31.5 Å². The highest BCUT2D eigenvalue weighted by Crippen LogP contribution is 2.38. The van der Waals surface area contributed by atoms with E-state index in [1.54, 1.807) is 22.5 Å². The Hall–Kier alpha value is -3.61. The van der Waals surface area contributed by atoms with Crippen LogP contribution < -0.4 is 5.32 Å². The number of aromatic amines is 1. The van der Waals surface area contributed by atoms with Crippen LogP contribution in [0, 0.1) is 11.3 Å². The van der Waals surface area contributed by atoms with Crippen LogP contribution in [0.2, 0.25) is 0 Å². The van der Waals surface area contributed by atoms with E-state index in [2.05, 4.69) is 54.8 Å². The molecule has 4 aromatic heterocycles. The number of aromatic nitrogens is 6. The smallest absolute Gasteiger partial charge is 0.103 e. The molecule has 0 radical (unpaired) electrons. The molecule has 5 heterocycles. The number of hydrogen-bond donors (Lipinski definition) is 2. The Morgan fingerprint density at radius 3 is 2.94 bits per heavy atom. The first-order valence-corrected chi connectivity index (χ1v) is 11.4. The Labute approximate surface area is 188 Å². The van der Waals surface area contributed by atoms with E-state index in [1.807, 2.05) is 30.7 Å². The molecule has 2 N–H and O–H groups in total. The second-order valence-electron chi connectivity index (χ2n) is 7.96. The molecule has 1 aliphatic rings. The van der Waals surface area contributed by atoms with Crippen LogP contribution in [-0.2, 0) is 0 Å². The van der Waals surface area contributed by atoms with Crippen LogP contribution in [0.4, 0.5) is 0 Å². The third-order valence-electron chi connectivity index (χ3n) is 5.94. The van der Waals surface area contributed by atoms with Gasteiger partial charge in [0.25, 0.3) is 0 Å². The van der Waals surface area contributed by atoms with Gasteiger partial charge in [-0.3, -0.25) is 9.78 Å². The molecule has 32 heavy (non-hydrogen) atoms. The van der Waals surface area contributed by atoms with Crippen LogP contribution >= 0.6 is 11.8 Å². The summed E-state index contributed by atoms with van der Waals surface area (Å²) < 4.78 is 3.86. The van der Waals surface area contributed by atoms with Gasteiger partial charge in [-0.15, -0.1) is 0 Å². The number of nitriles is 1. The Morgan fingerprint density at radius 1 is 1.09 bits per heavy atom. The summed E-state index contributed by atoms with van der Waals surface area (Å²) in [6.07, 6.45) is 11.7. The van der Waals surface area contributed by atoms with Gasteiger partial charge in [-0.2, -0.15) is 20.6 Å². The van der Waals surface area contributed by atoms with Crippen molar-refractivity contribution in [3.63, 3.8) is 0 Å². The summed E-state index contributed by atoms with van der Waals surface area (Å²) >= 11 is 1.61. The maximum absolute atomic E-state index is 9.64. The van der Waals surface area contributed by atoms with Gasteiger partial charge in [0, 0.05) is 45.2 Å². The number of nitrogens with zero attached hydrogens (tertiary/aromatic N) is 6. The maximum atomic E-state index is 9.64. The molecular formula is C23H20N8S. The van der Waals surface area contributed by atoms with Crippen molar-refractivity contribution in [1.82, 2.24) is 34.9 Å². The lowest BCUT2D eigenvalue weighted by Crippen LogP contribution is -2.31. The van der Waals surface area contributed by atoms with Crippen molar-refractivity contribution >= 4 is 28.2 Å². The van der Waals surface area contributed by atoms with E-state index in [-0.39, 0.29) is 0 Å². The zero-order valence-corrected chi connectivity index (χ0v) is 18.0. The van der Waals surface area contributed by atoms with Gasteiger partial charge >= 0.3 is 0 Å². The van der Waals surface area contributed by atoms with Crippen molar-refractivity contribution in [2.75, 3.05) is 13.1 Å². The van der Waals surface area contributed by atoms with E-state index in [1.165, 1.54) is 0 Å². The van der Waals surface area contributed by atoms with Crippen molar-refractivity contribution < 1.29 is 0 Å². The normalized spacial score (nSPS) is 16.5. The molecule has 1 aromatic carbocycles. The first-order valence-electron chi connectivity index (χ1n) is 10.6. The lowest BCUT2D eigenvalue weighted by molar-refractivity contribution is 0.347. The van der Waals surface area contributed by atoms with Gasteiger partial charge in [-0.25, -0.2) is 4.52 Å². The molecule has 0 bridgehead atoms. The van der Waals surface area contributed by atoms with Crippen LogP contribution in [0.1, 0.15) is 24.4 Å². The van der Waals surface area contributed by atoms with Crippen LogP contribution in [0.25, 0.3) is 27.5 Å². The predicted molar refractivity (Wildman–Crippen MR) is 122 cm³/mol. The maximum Gasteiger partial charge on any atom is 0.103 e. The zero-order chi connectivity index (χ0) is 21.5. The van der Waals surface area contributed by atoms with Crippen LogP contribution in [0.3, 0.4) is 0 Å². The summed E-state index contributed by atoms with van der Waals surface area (Å²) in [6.45, 7) is 2.02. The minimum Gasteiger partial charge on any atom is -0.315 e. The SMILES string of the molecule is N#Cc1cnn2cc(-c3cnn(C4CCCNC4)c3)cc(Sc3cccc4cn[nH]c34)c12. The Balaban J connectivity index is 1.45. The van der Waals surface area contributed by atoms with Gasteiger partial charge in [0.15, 0.2) is 0 Å². The first kappa shape index (κ1) is 19.1. The number of para-hydroxylation sites is 1. The fourth-order valence-electron chi connectivity index (χ4n) is 4.29. The highest BCUT2D eigenvalue weighted by molar-refractivity contribution is 7.99. The van der Waals surface area contributed by atoms with Crippen LogP contribution in [0.15, 0.2) is 65.0 Å². The molecule has 1 unspecified atom stereocenters. The van der Waals surface area contributed by atoms with E-state index in [0.29, 0.717) is 11.6 Å². The molecule has 1 atom stereocenters. The molecular weight excluding hydrogens is 420 g/mol. The fraction of sp³-hybridized carbons (Fsp3) is 0.217. The number of benzene rings is 1. The molecule has 6 rings (SSSR count). The molecule has 1 aliphatic heterocycles. The molecule has 0 saturated carbocycles. The molecule has 0 aliphatic carbocycles. The monoisotopic (exact) mass is 440 g/mol. The van der Waals surface area contributed by atoms with Gasteiger partial charge in [0.2, 0.25) is 0 Å². The topological polar surface area (TPSA) is 99.6 Å². The fourth-order valence-corrected chi connectivity index (χ4v) is 5.43. The molecule has 0 spiro atoms. The van der Waals surface area contributed by atoms with Gasteiger partial charge < -0.3 is 5.32 Å². The Bertz CT molecular complexity index is 1460. The Morgan fingerprint density at radius 2 is 2.06 bits per heavy atom. The van der Waals surface area contributed by atoms with Gasteiger partial charge in [0.05, 0.1) is 41.2 Å². The molecule has 5 aromatic rings. The number of piperidine rings is 1. The Kier molecular flexibility index (Phi) is 4.67. The number of nitrogens with one attached hydrogen (secondary N) is 2. The van der Waals surface area contributed by atoms with E-state index in [9.17, 15) is 5.26 Å². The lowest BCUT2D eigenvalue weighted by atomic mass is 10.1. The van der Waals surface area contributed by atoms with Crippen molar-refractivity contribution in [3.05, 3.63) is 60.8 Å². The molecule has 1 fully saturated rings. The summed E-state index contributed by atoms with van der Waals surface area (Å²) in [7, 11) is 0.